The Morgan fingerprint density at radius 1 is 0.972 bits per heavy atom. The lowest BCUT2D eigenvalue weighted by molar-refractivity contribution is 0.225. The third-order valence-corrected chi connectivity index (χ3v) is 11.2. The summed E-state index contributed by atoms with van der Waals surface area (Å²) >= 11 is 1.83. The molecule has 1 aromatic heterocycles. The van der Waals surface area contributed by atoms with Gasteiger partial charge in [-0.2, -0.15) is 0 Å². The summed E-state index contributed by atoms with van der Waals surface area (Å²) in [6.07, 6.45) is 2.19. The molecule has 1 saturated heterocycles. The van der Waals surface area contributed by atoms with Crippen LogP contribution in [-0.4, -0.2) is 59.6 Å². The predicted octanol–water partition coefficient (Wildman–Crippen LogP) is 7.42. The molecule has 4 nitrogen and oxygen atoms in total. The molecule has 0 bridgehead atoms. The summed E-state index contributed by atoms with van der Waals surface area (Å²) in [6.45, 7) is 14.3. The molecule has 0 aliphatic carbocycles. The molecule has 5 rings (SSSR count). The van der Waals surface area contributed by atoms with E-state index >= 15 is 0 Å². The molecule has 1 radical (unpaired) electrons. The van der Waals surface area contributed by atoms with Gasteiger partial charge in [-0.1, -0.05) is 45.0 Å². The first kappa shape index (κ1) is 28.8. The highest BCUT2D eigenvalue weighted by Gasteiger charge is 2.18. The van der Waals surface area contributed by atoms with Crippen molar-refractivity contribution in [2.45, 2.75) is 51.7 Å². The van der Waals surface area contributed by atoms with Gasteiger partial charge >= 0.3 is 0 Å². The van der Waals surface area contributed by atoms with E-state index in [4.69, 9.17) is 4.74 Å². The molecule has 0 atom stereocenters. The van der Waals surface area contributed by atoms with Gasteiger partial charge in [0, 0.05) is 69.5 Å². The second-order valence-electron chi connectivity index (χ2n) is 9.45. The molecule has 0 unspecified atom stereocenters. The summed E-state index contributed by atoms with van der Waals surface area (Å²) in [5.41, 5.74) is 4.05. The topological polar surface area (TPSA) is 27.7 Å². The van der Waals surface area contributed by atoms with Crippen molar-refractivity contribution in [1.82, 2.24) is 4.90 Å². The molecule has 1 N–H and O–H groups in total. The van der Waals surface area contributed by atoms with Gasteiger partial charge in [0.2, 0.25) is 0 Å². The van der Waals surface area contributed by atoms with Gasteiger partial charge in [0.25, 0.3) is 0 Å². The molecule has 197 valence electrons. The average molecular weight is 545 g/mol. The number of nitrogens with one attached hydrogen (secondary N) is 1. The highest BCUT2D eigenvalue weighted by Crippen LogP contribution is 2.31. The second-order valence-corrected chi connectivity index (χ2v) is 14.0. The fourth-order valence-electron chi connectivity index (χ4n) is 5.07. The smallest absolute Gasteiger partial charge is 0.119 e. The summed E-state index contributed by atoms with van der Waals surface area (Å²) in [7, 11) is 0.137. The van der Waals surface area contributed by atoms with Crippen LogP contribution in [-0.2, 0) is 6.42 Å². The van der Waals surface area contributed by atoms with E-state index in [9.17, 15) is 0 Å². The lowest BCUT2D eigenvalue weighted by atomic mass is 10.1. The normalized spacial score (nSPS) is 15.2. The first-order valence-electron chi connectivity index (χ1n) is 13.5. The summed E-state index contributed by atoms with van der Waals surface area (Å²) in [4.78, 5) is 5.11. The average Bonchev–Trinajstić information content (AvgIpc) is 3.58. The molecule has 2 aliphatic rings. The van der Waals surface area contributed by atoms with Crippen molar-refractivity contribution >= 4 is 54.0 Å². The monoisotopic (exact) mass is 544 g/mol. The van der Waals surface area contributed by atoms with Crippen LogP contribution in [0.2, 0.25) is 18.1 Å². The van der Waals surface area contributed by atoms with Gasteiger partial charge in [-0.15, -0.1) is 23.7 Å². The quantitative estimate of drug-likeness (QED) is 0.224. The minimum atomic E-state index is 0. The standard InChI is InChI=1S/C23H27N3OS.C6H15Si.ClH/c1-3-22(20-8-16-28-23(20)4-1)26-13-11-25(12-14-26)10-2-15-27-19-5-6-21-18(17-19)7-9-24-21;1-4-7(5-2)6-3;/h1,3-6,8,16-17,24H,2,7,9-15H2;4-6H2,1-3H3;1H. The number of thiophene rings is 1. The molecule has 0 saturated carbocycles. The molecular weight excluding hydrogens is 502 g/mol. The summed E-state index contributed by atoms with van der Waals surface area (Å²) < 4.78 is 7.38. The third-order valence-electron chi connectivity index (χ3n) is 7.36. The summed E-state index contributed by atoms with van der Waals surface area (Å²) in [5, 5.41) is 6.99. The Labute approximate surface area is 230 Å². The van der Waals surface area contributed by atoms with Crippen molar-refractivity contribution in [3.8, 4) is 5.75 Å². The number of piperazine rings is 1. The van der Waals surface area contributed by atoms with Crippen LogP contribution in [0.5, 0.6) is 5.75 Å². The largest absolute Gasteiger partial charge is 0.494 e. The van der Waals surface area contributed by atoms with Crippen LogP contribution >= 0.6 is 23.7 Å². The molecule has 36 heavy (non-hydrogen) atoms. The Hall–Kier alpha value is -1.73. The van der Waals surface area contributed by atoms with Crippen molar-refractivity contribution in [1.29, 1.82) is 0 Å². The first-order valence-corrected chi connectivity index (χ1v) is 16.5. The van der Waals surface area contributed by atoms with E-state index < -0.39 is 0 Å². The number of hydrogen-bond donors (Lipinski definition) is 1. The molecule has 2 aliphatic heterocycles. The number of fused-ring (bicyclic) bond motifs is 2. The number of benzene rings is 2. The van der Waals surface area contributed by atoms with Crippen LogP contribution in [0.4, 0.5) is 11.4 Å². The lowest BCUT2D eigenvalue weighted by Crippen LogP contribution is -2.46. The maximum absolute atomic E-state index is 5.99. The van der Waals surface area contributed by atoms with Crippen molar-refractivity contribution in [2.24, 2.45) is 0 Å². The molecule has 0 amide bonds. The highest BCUT2D eigenvalue weighted by atomic mass is 35.5. The summed E-state index contributed by atoms with van der Waals surface area (Å²) in [6, 6.07) is 19.7. The molecule has 3 aromatic rings. The zero-order valence-electron chi connectivity index (χ0n) is 22.2. The Kier molecular flexibility index (Phi) is 11.9. The zero-order valence-corrected chi connectivity index (χ0v) is 24.9. The van der Waals surface area contributed by atoms with Crippen molar-refractivity contribution in [3.63, 3.8) is 0 Å². The van der Waals surface area contributed by atoms with E-state index in [1.54, 1.807) is 0 Å². The van der Waals surface area contributed by atoms with Crippen molar-refractivity contribution in [2.75, 3.05) is 56.1 Å². The van der Waals surface area contributed by atoms with E-state index in [-0.39, 0.29) is 21.2 Å². The van der Waals surface area contributed by atoms with Gasteiger partial charge in [0.05, 0.1) is 6.61 Å². The molecule has 7 heteroatoms. The minimum Gasteiger partial charge on any atom is -0.494 e. The van der Waals surface area contributed by atoms with E-state index in [0.717, 1.165) is 64.5 Å². The Balaban J connectivity index is 0.000000400. The van der Waals surface area contributed by atoms with Crippen LogP contribution in [0, 0.1) is 0 Å². The van der Waals surface area contributed by atoms with Gasteiger partial charge in [-0.05, 0) is 60.2 Å². The van der Waals surface area contributed by atoms with Gasteiger partial charge in [0.1, 0.15) is 5.75 Å². The molecule has 0 spiro atoms. The van der Waals surface area contributed by atoms with Gasteiger partial charge in [0.15, 0.2) is 0 Å². The number of ether oxygens (including phenoxy) is 1. The van der Waals surface area contributed by atoms with E-state index in [1.165, 1.54) is 45.2 Å². The van der Waals surface area contributed by atoms with E-state index in [1.807, 2.05) is 11.3 Å². The SMILES string of the molecule is CC[Si](CC)CC.Cl.c1cc(N2CCN(CCCOc3ccc4c(c3)CCN4)CC2)c2ccsc2c1. The Morgan fingerprint density at radius 3 is 2.47 bits per heavy atom. The van der Waals surface area contributed by atoms with Crippen molar-refractivity contribution < 1.29 is 4.74 Å². The molecule has 2 aromatic carbocycles. The summed E-state index contributed by atoms with van der Waals surface area (Å²) in [5.74, 6) is 1.01. The van der Waals surface area contributed by atoms with Crippen LogP contribution in [0.1, 0.15) is 32.8 Å². The first-order chi connectivity index (χ1) is 17.2. The molecule has 3 heterocycles. The highest BCUT2D eigenvalue weighted by molar-refractivity contribution is 7.17. The Morgan fingerprint density at radius 2 is 1.75 bits per heavy atom. The fourth-order valence-corrected chi connectivity index (χ4v) is 7.37. The van der Waals surface area contributed by atoms with Gasteiger partial charge < -0.3 is 15.0 Å². The number of rotatable bonds is 9. The number of anilines is 2. The number of halogens is 1. The van der Waals surface area contributed by atoms with Crippen LogP contribution < -0.4 is 15.0 Å². The van der Waals surface area contributed by atoms with Gasteiger partial charge in [-0.3, -0.25) is 4.90 Å². The maximum Gasteiger partial charge on any atom is 0.119 e. The number of nitrogens with zero attached hydrogens (tertiary/aromatic N) is 2. The minimum absolute atomic E-state index is 0. The lowest BCUT2D eigenvalue weighted by Gasteiger charge is -2.36. The maximum atomic E-state index is 5.99. The van der Waals surface area contributed by atoms with E-state index in [2.05, 4.69) is 83.7 Å². The third kappa shape index (κ3) is 7.64. The molecule has 1 fully saturated rings. The van der Waals surface area contributed by atoms with Crippen LogP contribution in [0.15, 0.2) is 47.8 Å². The fraction of sp³-hybridized carbons (Fsp3) is 0.517. The second kappa shape index (κ2) is 14.9. The van der Waals surface area contributed by atoms with Crippen LogP contribution in [0.3, 0.4) is 0 Å². The Bertz CT molecular complexity index is 1040. The van der Waals surface area contributed by atoms with Crippen molar-refractivity contribution in [3.05, 3.63) is 53.4 Å². The van der Waals surface area contributed by atoms with Gasteiger partial charge in [-0.25, -0.2) is 0 Å². The molecular formula is C29H43ClN3OSSi. The van der Waals surface area contributed by atoms with E-state index in [0.29, 0.717) is 0 Å². The number of hydrogen-bond acceptors (Lipinski definition) is 5. The predicted molar refractivity (Wildman–Crippen MR) is 164 cm³/mol. The van der Waals surface area contributed by atoms with Crippen LogP contribution in [0.25, 0.3) is 10.1 Å². The zero-order chi connectivity index (χ0) is 24.5.